The second kappa shape index (κ2) is 13.5. The highest BCUT2D eigenvalue weighted by Crippen LogP contribution is 2.15. The Morgan fingerprint density at radius 3 is 2.11 bits per heavy atom. The number of unbranched alkanes of at least 4 members (excludes halogenated alkanes) is 2. The van der Waals surface area contributed by atoms with Gasteiger partial charge in [0.05, 0.1) is 19.8 Å². The number of hydrogen-bond acceptors (Lipinski definition) is 4. The number of hydrogen-bond donors (Lipinski definition) is 0. The van der Waals surface area contributed by atoms with Gasteiger partial charge in [-0.2, -0.15) is 0 Å². The summed E-state index contributed by atoms with van der Waals surface area (Å²) < 4.78 is 22.0. The van der Waals surface area contributed by atoms with E-state index >= 15 is 0 Å². The van der Waals surface area contributed by atoms with Gasteiger partial charge in [-0.1, -0.05) is 26.7 Å². The van der Waals surface area contributed by atoms with E-state index in [1.165, 1.54) is 12.8 Å². The van der Waals surface area contributed by atoms with Crippen LogP contribution in [0.2, 0.25) is 0 Å². The van der Waals surface area contributed by atoms with Crippen molar-refractivity contribution in [3.8, 4) is 0 Å². The highest BCUT2D eigenvalue weighted by molar-refractivity contribution is 4.94. The lowest BCUT2D eigenvalue weighted by atomic mass is 10.3. The third-order valence-corrected chi connectivity index (χ3v) is 2.46. The molecule has 0 N–H and O–H groups in total. The van der Waals surface area contributed by atoms with Crippen LogP contribution in [0.5, 0.6) is 0 Å². The first-order chi connectivity index (χ1) is 9.29. The van der Waals surface area contributed by atoms with E-state index in [0.29, 0.717) is 19.2 Å². The predicted molar refractivity (Wildman–Crippen MR) is 76.6 cm³/mol. The summed E-state index contributed by atoms with van der Waals surface area (Å²) >= 11 is 0. The third kappa shape index (κ3) is 9.65. The minimum Gasteiger partial charge on any atom is -0.491 e. The summed E-state index contributed by atoms with van der Waals surface area (Å²) in [7, 11) is 0. The van der Waals surface area contributed by atoms with Crippen molar-refractivity contribution in [3.05, 3.63) is 11.7 Å². The van der Waals surface area contributed by atoms with Crippen molar-refractivity contribution in [1.29, 1.82) is 0 Å². The van der Waals surface area contributed by atoms with Crippen molar-refractivity contribution in [2.75, 3.05) is 26.6 Å². The molecule has 4 heteroatoms. The van der Waals surface area contributed by atoms with E-state index in [1.54, 1.807) is 0 Å². The molecule has 0 radical (unpaired) electrons. The molecule has 0 heterocycles. The molecule has 0 fully saturated rings. The minimum atomic E-state index is 0.222. The van der Waals surface area contributed by atoms with Crippen LogP contribution in [0.25, 0.3) is 0 Å². The molecule has 0 saturated carbocycles. The molecule has 0 aliphatic rings. The molecule has 0 spiro atoms. The molecule has 19 heavy (non-hydrogen) atoms. The molecule has 0 bridgehead atoms. The van der Waals surface area contributed by atoms with Gasteiger partial charge in [0, 0.05) is 6.42 Å². The normalized spacial score (nSPS) is 12.0. The SMILES string of the molecule is CCCCCOCOC(OCC)=C(CCC)OCC. The Morgan fingerprint density at radius 2 is 1.53 bits per heavy atom. The summed E-state index contributed by atoms with van der Waals surface area (Å²) in [5.74, 6) is 1.26. The highest BCUT2D eigenvalue weighted by Gasteiger charge is 2.10. The first-order valence-corrected chi connectivity index (χ1v) is 7.49. The van der Waals surface area contributed by atoms with Gasteiger partial charge < -0.3 is 18.9 Å². The molecule has 0 aliphatic carbocycles. The quantitative estimate of drug-likeness (QED) is 0.286. The Hall–Kier alpha value is -0.900. The fraction of sp³-hybridized carbons (Fsp3) is 0.867. The summed E-state index contributed by atoms with van der Waals surface area (Å²) in [6, 6.07) is 0. The molecule has 0 unspecified atom stereocenters. The molecule has 0 amide bonds. The minimum absolute atomic E-state index is 0.222. The maximum Gasteiger partial charge on any atom is 0.321 e. The van der Waals surface area contributed by atoms with Crippen LogP contribution in [0, 0.1) is 0 Å². The van der Waals surface area contributed by atoms with Gasteiger partial charge in [-0.25, -0.2) is 0 Å². The molecular weight excluding hydrogens is 244 g/mol. The lowest BCUT2D eigenvalue weighted by Gasteiger charge is -2.16. The zero-order valence-corrected chi connectivity index (χ0v) is 13.0. The Morgan fingerprint density at radius 1 is 0.789 bits per heavy atom. The maximum absolute atomic E-state index is 5.57. The van der Waals surface area contributed by atoms with Gasteiger partial charge >= 0.3 is 5.95 Å². The monoisotopic (exact) mass is 274 g/mol. The first-order valence-electron chi connectivity index (χ1n) is 7.49. The fourth-order valence-corrected chi connectivity index (χ4v) is 1.58. The fourth-order valence-electron chi connectivity index (χ4n) is 1.58. The topological polar surface area (TPSA) is 36.9 Å². The molecular formula is C15H30O4. The molecule has 4 nitrogen and oxygen atoms in total. The zero-order chi connectivity index (χ0) is 14.3. The standard InChI is InChI=1S/C15H30O4/c1-5-9-10-12-16-13-19-15(18-8-4)14(11-6-2)17-7-3/h5-13H2,1-4H3. The van der Waals surface area contributed by atoms with Crippen LogP contribution in [0.4, 0.5) is 0 Å². The summed E-state index contributed by atoms with van der Waals surface area (Å²) in [4.78, 5) is 0. The molecule has 114 valence electrons. The Kier molecular flexibility index (Phi) is 12.9. The van der Waals surface area contributed by atoms with Gasteiger partial charge in [-0.3, -0.25) is 0 Å². The van der Waals surface area contributed by atoms with Crippen LogP contribution < -0.4 is 0 Å². The molecule has 0 aromatic heterocycles. The van der Waals surface area contributed by atoms with Gasteiger partial charge in [-0.15, -0.1) is 0 Å². The van der Waals surface area contributed by atoms with Crippen LogP contribution in [0.3, 0.4) is 0 Å². The van der Waals surface area contributed by atoms with E-state index in [0.717, 1.165) is 31.6 Å². The molecule has 0 atom stereocenters. The molecule has 0 saturated heterocycles. The van der Waals surface area contributed by atoms with Crippen LogP contribution in [-0.2, 0) is 18.9 Å². The number of allylic oxidation sites excluding steroid dienone is 1. The van der Waals surface area contributed by atoms with Crippen molar-refractivity contribution in [2.45, 2.75) is 59.8 Å². The zero-order valence-electron chi connectivity index (χ0n) is 13.0. The van der Waals surface area contributed by atoms with Gasteiger partial charge in [0.15, 0.2) is 12.6 Å². The molecule has 0 aromatic rings. The van der Waals surface area contributed by atoms with Crippen molar-refractivity contribution >= 4 is 0 Å². The smallest absolute Gasteiger partial charge is 0.321 e. The predicted octanol–water partition coefficient (Wildman–Crippen LogP) is 4.21. The summed E-state index contributed by atoms with van der Waals surface area (Å²) in [6.07, 6.45) is 5.26. The second-order valence-electron chi connectivity index (χ2n) is 4.20. The first kappa shape index (κ1) is 18.1. The van der Waals surface area contributed by atoms with E-state index < -0.39 is 0 Å². The van der Waals surface area contributed by atoms with Gasteiger partial charge in [0.1, 0.15) is 0 Å². The van der Waals surface area contributed by atoms with E-state index in [-0.39, 0.29) is 6.79 Å². The van der Waals surface area contributed by atoms with Crippen molar-refractivity contribution in [2.24, 2.45) is 0 Å². The van der Waals surface area contributed by atoms with Crippen LogP contribution in [0.15, 0.2) is 11.7 Å². The van der Waals surface area contributed by atoms with Crippen LogP contribution in [-0.4, -0.2) is 26.6 Å². The number of rotatable bonds is 13. The van der Waals surface area contributed by atoms with Crippen molar-refractivity contribution < 1.29 is 18.9 Å². The summed E-state index contributed by atoms with van der Waals surface area (Å²) in [5, 5.41) is 0. The van der Waals surface area contributed by atoms with E-state index in [1.807, 2.05) is 13.8 Å². The van der Waals surface area contributed by atoms with Crippen LogP contribution >= 0.6 is 0 Å². The van der Waals surface area contributed by atoms with E-state index in [4.69, 9.17) is 18.9 Å². The molecule has 0 aromatic carbocycles. The molecule has 0 rings (SSSR count). The average Bonchev–Trinajstić information content (AvgIpc) is 2.41. The maximum atomic E-state index is 5.57. The van der Waals surface area contributed by atoms with Crippen molar-refractivity contribution in [3.63, 3.8) is 0 Å². The van der Waals surface area contributed by atoms with Gasteiger partial charge in [-0.05, 0) is 26.7 Å². The second-order valence-corrected chi connectivity index (χ2v) is 4.20. The summed E-state index contributed by atoms with van der Waals surface area (Å²) in [5.41, 5.74) is 0. The molecule has 0 aliphatic heterocycles. The van der Waals surface area contributed by atoms with E-state index in [2.05, 4.69) is 13.8 Å². The van der Waals surface area contributed by atoms with Crippen molar-refractivity contribution in [1.82, 2.24) is 0 Å². The van der Waals surface area contributed by atoms with Gasteiger partial charge in [0.25, 0.3) is 0 Å². The number of ether oxygens (including phenoxy) is 4. The summed E-state index contributed by atoms with van der Waals surface area (Å²) in [6.45, 7) is 10.3. The average molecular weight is 274 g/mol. The highest BCUT2D eigenvalue weighted by atomic mass is 16.7. The lowest BCUT2D eigenvalue weighted by Crippen LogP contribution is -2.09. The lowest BCUT2D eigenvalue weighted by molar-refractivity contribution is -0.0822. The van der Waals surface area contributed by atoms with Gasteiger partial charge in [0.2, 0.25) is 0 Å². The Labute approximate surface area is 118 Å². The van der Waals surface area contributed by atoms with Crippen LogP contribution in [0.1, 0.15) is 59.8 Å². The largest absolute Gasteiger partial charge is 0.491 e. The Balaban J connectivity index is 4.16. The third-order valence-electron chi connectivity index (χ3n) is 2.46. The van der Waals surface area contributed by atoms with E-state index in [9.17, 15) is 0 Å². The Bertz CT molecular complexity index is 218.